The second-order valence-electron chi connectivity index (χ2n) is 6.54. The molecule has 0 unspecified atom stereocenters. The molecule has 1 aliphatic heterocycles. The summed E-state index contributed by atoms with van der Waals surface area (Å²) in [4.78, 5) is 21.1. The van der Waals surface area contributed by atoms with Crippen LogP contribution < -0.4 is 0 Å². The zero-order valence-electron chi connectivity index (χ0n) is 14.9. The molecule has 1 amide bonds. The molecule has 140 valence electrons. The van der Waals surface area contributed by atoms with Crippen LogP contribution in [0.3, 0.4) is 0 Å². The molecule has 0 aliphatic carbocycles. The SMILES string of the molecule is CC(=O)N1CCN(S(=O)(=O)c2ccc3nc(-c4ccccc4)[nH]c3c2)CC1. The molecule has 1 N–H and O–H groups in total. The highest BCUT2D eigenvalue weighted by atomic mass is 32.2. The maximum Gasteiger partial charge on any atom is 0.243 e. The van der Waals surface area contributed by atoms with Crippen molar-refractivity contribution < 1.29 is 13.2 Å². The number of carbonyl (C=O) groups excluding carboxylic acids is 1. The molecule has 1 saturated heterocycles. The molecular formula is C19H20N4O3S. The first-order valence-corrected chi connectivity index (χ1v) is 10.2. The van der Waals surface area contributed by atoms with Crippen LogP contribution in [0, 0.1) is 0 Å². The third kappa shape index (κ3) is 3.33. The summed E-state index contributed by atoms with van der Waals surface area (Å²) in [5.74, 6) is 0.676. The number of imidazole rings is 1. The van der Waals surface area contributed by atoms with Gasteiger partial charge in [-0.15, -0.1) is 0 Å². The zero-order valence-corrected chi connectivity index (χ0v) is 15.7. The molecule has 3 aromatic rings. The van der Waals surface area contributed by atoms with Gasteiger partial charge < -0.3 is 9.88 Å². The molecule has 2 heterocycles. The van der Waals surface area contributed by atoms with E-state index >= 15 is 0 Å². The molecule has 27 heavy (non-hydrogen) atoms. The highest BCUT2D eigenvalue weighted by molar-refractivity contribution is 7.89. The molecule has 8 heteroatoms. The van der Waals surface area contributed by atoms with Crippen molar-refractivity contribution in [2.45, 2.75) is 11.8 Å². The van der Waals surface area contributed by atoms with E-state index in [2.05, 4.69) is 9.97 Å². The lowest BCUT2D eigenvalue weighted by molar-refractivity contribution is -0.129. The first-order chi connectivity index (χ1) is 12.9. The van der Waals surface area contributed by atoms with Crippen molar-refractivity contribution in [3.63, 3.8) is 0 Å². The van der Waals surface area contributed by atoms with Crippen molar-refractivity contribution in [2.24, 2.45) is 0 Å². The number of benzene rings is 2. The van der Waals surface area contributed by atoms with E-state index in [0.717, 1.165) is 5.56 Å². The third-order valence-electron chi connectivity index (χ3n) is 4.82. The summed E-state index contributed by atoms with van der Waals surface area (Å²) >= 11 is 0. The summed E-state index contributed by atoms with van der Waals surface area (Å²) in [7, 11) is -3.61. The van der Waals surface area contributed by atoms with E-state index in [-0.39, 0.29) is 10.8 Å². The van der Waals surface area contributed by atoms with Crippen LogP contribution in [0.15, 0.2) is 53.4 Å². The highest BCUT2D eigenvalue weighted by Gasteiger charge is 2.29. The number of amides is 1. The van der Waals surface area contributed by atoms with Crippen LogP contribution in [-0.2, 0) is 14.8 Å². The monoisotopic (exact) mass is 384 g/mol. The van der Waals surface area contributed by atoms with Gasteiger partial charge in [0.25, 0.3) is 0 Å². The summed E-state index contributed by atoms with van der Waals surface area (Å²) in [5.41, 5.74) is 2.34. The molecule has 1 aromatic heterocycles. The second kappa shape index (κ2) is 6.79. The van der Waals surface area contributed by atoms with Gasteiger partial charge in [0.05, 0.1) is 15.9 Å². The van der Waals surface area contributed by atoms with Gasteiger partial charge in [-0.2, -0.15) is 4.31 Å². The van der Waals surface area contributed by atoms with Gasteiger partial charge in [-0.25, -0.2) is 13.4 Å². The Bertz CT molecular complexity index is 1080. The number of nitrogens with one attached hydrogen (secondary N) is 1. The Balaban J connectivity index is 1.62. The van der Waals surface area contributed by atoms with Crippen LogP contribution in [0.25, 0.3) is 22.4 Å². The minimum atomic E-state index is -3.61. The van der Waals surface area contributed by atoms with E-state index < -0.39 is 10.0 Å². The van der Waals surface area contributed by atoms with Gasteiger partial charge in [-0.3, -0.25) is 4.79 Å². The molecule has 0 radical (unpaired) electrons. The third-order valence-corrected chi connectivity index (χ3v) is 6.72. The average Bonchev–Trinajstić information content (AvgIpc) is 3.12. The maximum absolute atomic E-state index is 13.0. The number of aromatic nitrogens is 2. The minimum Gasteiger partial charge on any atom is -0.340 e. The topological polar surface area (TPSA) is 86.4 Å². The average molecular weight is 384 g/mol. The predicted molar refractivity (Wildman–Crippen MR) is 103 cm³/mol. The molecule has 4 rings (SSSR count). The first kappa shape index (κ1) is 17.7. The summed E-state index contributed by atoms with van der Waals surface area (Å²) in [5, 5.41) is 0. The van der Waals surface area contributed by atoms with Gasteiger partial charge in [-0.1, -0.05) is 30.3 Å². The number of nitrogens with zero attached hydrogens (tertiary/aromatic N) is 3. The predicted octanol–water partition coefficient (Wildman–Crippen LogP) is 2.08. The van der Waals surface area contributed by atoms with E-state index in [1.807, 2.05) is 30.3 Å². The van der Waals surface area contributed by atoms with Gasteiger partial charge in [0.2, 0.25) is 15.9 Å². The lowest BCUT2D eigenvalue weighted by Crippen LogP contribution is -2.49. The van der Waals surface area contributed by atoms with Crippen molar-refractivity contribution in [2.75, 3.05) is 26.2 Å². The molecule has 0 bridgehead atoms. The number of hydrogen-bond acceptors (Lipinski definition) is 4. The highest BCUT2D eigenvalue weighted by Crippen LogP contribution is 2.24. The van der Waals surface area contributed by atoms with Crippen molar-refractivity contribution in [1.29, 1.82) is 0 Å². The normalized spacial score (nSPS) is 16.0. The molecule has 0 saturated carbocycles. The molecule has 1 aliphatic rings. The lowest BCUT2D eigenvalue weighted by Gasteiger charge is -2.33. The quantitative estimate of drug-likeness (QED) is 0.749. The van der Waals surface area contributed by atoms with Crippen molar-refractivity contribution in [3.05, 3.63) is 48.5 Å². The van der Waals surface area contributed by atoms with Crippen molar-refractivity contribution in [3.8, 4) is 11.4 Å². The molecular weight excluding hydrogens is 364 g/mol. The summed E-state index contributed by atoms with van der Waals surface area (Å²) < 4.78 is 27.4. The maximum atomic E-state index is 13.0. The molecule has 0 spiro atoms. The number of carbonyl (C=O) groups is 1. The first-order valence-electron chi connectivity index (χ1n) is 8.76. The Morgan fingerprint density at radius 2 is 1.74 bits per heavy atom. The Morgan fingerprint density at radius 3 is 2.41 bits per heavy atom. The lowest BCUT2D eigenvalue weighted by atomic mass is 10.2. The van der Waals surface area contributed by atoms with Crippen LogP contribution in [-0.4, -0.2) is 59.7 Å². The van der Waals surface area contributed by atoms with Crippen LogP contribution in [0.1, 0.15) is 6.92 Å². The molecule has 2 aromatic carbocycles. The molecule has 0 atom stereocenters. The molecule has 7 nitrogen and oxygen atoms in total. The largest absolute Gasteiger partial charge is 0.340 e. The Labute approximate surface area is 157 Å². The Morgan fingerprint density at radius 1 is 1.04 bits per heavy atom. The number of sulfonamides is 1. The molecule has 1 fully saturated rings. The fraction of sp³-hybridized carbons (Fsp3) is 0.263. The Kier molecular flexibility index (Phi) is 4.45. The van der Waals surface area contributed by atoms with E-state index in [0.29, 0.717) is 43.0 Å². The minimum absolute atomic E-state index is 0.0284. The van der Waals surface area contributed by atoms with Gasteiger partial charge >= 0.3 is 0 Å². The van der Waals surface area contributed by atoms with Gasteiger partial charge in [0, 0.05) is 38.7 Å². The van der Waals surface area contributed by atoms with E-state index in [1.165, 1.54) is 11.2 Å². The zero-order chi connectivity index (χ0) is 19.0. The van der Waals surface area contributed by atoms with Crippen molar-refractivity contribution >= 4 is 27.0 Å². The van der Waals surface area contributed by atoms with Crippen LogP contribution in [0.4, 0.5) is 0 Å². The summed E-state index contributed by atoms with van der Waals surface area (Å²) in [6.07, 6.45) is 0. The number of rotatable bonds is 3. The Hall–Kier alpha value is -2.71. The summed E-state index contributed by atoms with van der Waals surface area (Å²) in [6, 6.07) is 14.6. The van der Waals surface area contributed by atoms with E-state index in [9.17, 15) is 13.2 Å². The van der Waals surface area contributed by atoms with Crippen LogP contribution in [0.5, 0.6) is 0 Å². The van der Waals surface area contributed by atoms with Gasteiger partial charge in [-0.05, 0) is 18.2 Å². The number of fused-ring (bicyclic) bond motifs is 1. The number of piperazine rings is 1. The van der Waals surface area contributed by atoms with E-state index in [1.54, 1.807) is 23.1 Å². The van der Waals surface area contributed by atoms with E-state index in [4.69, 9.17) is 0 Å². The summed E-state index contributed by atoms with van der Waals surface area (Å²) in [6.45, 7) is 2.94. The fourth-order valence-corrected chi connectivity index (χ4v) is 4.72. The number of aromatic amines is 1. The smallest absolute Gasteiger partial charge is 0.243 e. The standard InChI is InChI=1S/C19H20N4O3S/c1-14(24)22-9-11-23(12-10-22)27(25,26)16-7-8-17-18(13-16)21-19(20-17)15-5-3-2-4-6-15/h2-8,13H,9-12H2,1H3,(H,20,21). The fourth-order valence-electron chi connectivity index (χ4n) is 3.27. The number of hydrogen-bond donors (Lipinski definition) is 1. The van der Waals surface area contributed by atoms with Crippen LogP contribution in [0.2, 0.25) is 0 Å². The van der Waals surface area contributed by atoms with Gasteiger partial charge in [0.1, 0.15) is 5.82 Å². The van der Waals surface area contributed by atoms with Crippen molar-refractivity contribution in [1.82, 2.24) is 19.2 Å². The van der Waals surface area contributed by atoms with Gasteiger partial charge in [0.15, 0.2) is 0 Å². The second-order valence-corrected chi connectivity index (χ2v) is 8.48. The van der Waals surface area contributed by atoms with Crippen LogP contribution >= 0.6 is 0 Å². The number of H-pyrrole nitrogens is 1.